The maximum absolute atomic E-state index is 5.51. The molecule has 1 aliphatic rings. The molecule has 0 atom stereocenters. The molecule has 0 radical (unpaired) electrons. The molecule has 1 aliphatic carbocycles. The van der Waals surface area contributed by atoms with Crippen LogP contribution in [-0.2, 0) is 6.54 Å². The molecule has 2 rings (SSSR count). The maximum Gasteiger partial charge on any atom is 0.147 e. The highest BCUT2D eigenvalue weighted by Gasteiger charge is 2.22. The van der Waals surface area contributed by atoms with Crippen molar-refractivity contribution in [3.05, 3.63) is 18.1 Å². The molecular weight excluding hydrogens is 200 g/mol. The lowest BCUT2D eigenvalue weighted by molar-refractivity contribution is 0.611. The first-order chi connectivity index (χ1) is 7.85. The van der Waals surface area contributed by atoms with Crippen molar-refractivity contribution in [2.24, 2.45) is 5.73 Å². The van der Waals surface area contributed by atoms with E-state index in [0.29, 0.717) is 12.6 Å². The van der Waals surface area contributed by atoms with Gasteiger partial charge in [0.1, 0.15) is 5.82 Å². The van der Waals surface area contributed by atoms with Gasteiger partial charge in [-0.15, -0.1) is 0 Å². The Balaban J connectivity index is 2.12. The Labute approximate surface area is 96.9 Å². The summed E-state index contributed by atoms with van der Waals surface area (Å²) < 4.78 is 0. The van der Waals surface area contributed by atoms with E-state index >= 15 is 0 Å². The first-order valence-corrected chi connectivity index (χ1v) is 6.12. The third kappa shape index (κ3) is 2.32. The minimum absolute atomic E-state index is 0.461. The maximum atomic E-state index is 5.51. The van der Waals surface area contributed by atoms with Crippen molar-refractivity contribution in [1.82, 2.24) is 9.97 Å². The van der Waals surface area contributed by atoms with Crippen LogP contribution in [0.25, 0.3) is 0 Å². The SMILES string of the molecule is CCN(c1cnc(CN)cn1)C1CCCC1. The minimum atomic E-state index is 0.461. The van der Waals surface area contributed by atoms with Crippen LogP contribution in [0.2, 0.25) is 0 Å². The van der Waals surface area contributed by atoms with Crippen molar-refractivity contribution >= 4 is 5.82 Å². The van der Waals surface area contributed by atoms with Gasteiger partial charge in [-0.05, 0) is 19.8 Å². The number of aromatic nitrogens is 2. The van der Waals surface area contributed by atoms with Gasteiger partial charge in [0, 0.05) is 19.1 Å². The Hall–Kier alpha value is -1.16. The van der Waals surface area contributed by atoms with E-state index in [4.69, 9.17) is 5.73 Å². The second-order valence-electron chi connectivity index (χ2n) is 4.29. The molecule has 1 aromatic rings. The van der Waals surface area contributed by atoms with Crippen LogP contribution in [0, 0.1) is 0 Å². The van der Waals surface area contributed by atoms with Crippen molar-refractivity contribution < 1.29 is 0 Å². The van der Waals surface area contributed by atoms with E-state index in [1.54, 1.807) is 6.20 Å². The number of hydrogen-bond acceptors (Lipinski definition) is 4. The van der Waals surface area contributed by atoms with E-state index in [0.717, 1.165) is 18.1 Å². The van der Waals surface area contributed by atoms with Crippen LogP contribution >= 0.6 is 0 Å². The molecule has 0 aliphatic heterocycles. The van der Waals surface area contributed by atoms with Gasteiger partial charge in [-0.25, -0.2) is 4.98 Å². The molecule has 0 spiro atoms. The van der Waals surface area contributed by atoms with E-state index in [-0.39, 0.29) is 0 Å². The molecule has 0 unspecified atom stereocenters. The van der Waals surface area contributed by atoms with Crippen LogP contribution in [0.4, 0.5) is 5.82 Å². The number of hydrogen-bond donors (Lipinski definition) is 1. The highest BCUT2D eigenvalue weighted by Crippen LogP contribution is 2.26. The lowest BCUT2D eigenvalue weighted by Gasteiger charge is -2.28. The second-order valence-corrected chi connectivity index (χ2v) is 4.29. The van der Waals surface area contributed by atoms with Crippen molar-refractivity contribution in [1.29, 1.82) is 0 Å². The number of anilines is 1. The molecule has 2 N–H and O–H groups in total. The molecule has 0 bridgehead atoms. The van der Waals surface area contributed by atoms with Crippen molar-refractivity contribution in [3.63, 3.8) is 0 Å². The zero-order valence-electron chi connectivity index (χ0n) is 9.89. The Morgan fingerprint density at radius 2 is 2.06 bits per heavy atom. The summed E-state index contributed by atoms with van der Waals surface area (Å²) >= 11 is 0. The van der Waals surface area contributed by atoms with Crippen LogP contribution in [-0.4, -0.2) is 22.6 Å². The average molecular weight is 220 g/mol. The van der Waals surface area contributed by atoms with Gasteiger partial charge in [0.25, 0.3) is 0 Å². The van der Waals surface area contributed by atoms with Crippen LogP contribution in [0.5, 0.6) is 0 Å². The lowest BCUT2D eigenvalue weighted by Crippen LogP contribution is -2.33. The van der Waals surface area contributed by atoms with E-state index < -0.39 is 0 Å². The largest absolute Gasteiger partial charge is 0.353 e. The summed E-state index contributed by atoms with van der Waals surface area (Å²) in [6.07, 6.45) is 8.89. The van der Waals surface area contributed by atoms with Gasteiger partial charge in [0.2, 0.25) is 0 Å². The Bertz CT molecular complexity index is 316. The first-order valence-electron chi connectivity index (χ1n) is 6.12. The first kappa shape index (κ1) is 11.3. The predicted molar refractivity (Wildman–Crippen MR) is 65.2 cm³/mol. The van der Waals surface area contributed by atoms with Gasteiger partial charge in [-0.2, -0.15) is 0 Å². The van der Waals surface area contributed by atoms with E-state index in [1.807, 2.05) is 6.20 Å². The summed E-state index contributed by atoms with van der Waals surface area (Å²) in [6, 6.07) is 0.656. The monoisotopic (exact) mass is 220 g/mol. The van der Waals surface area contributed by atoms with Crippen LogP contribution < -0.4 is 10.6 Å². The molecule has 1 heterocycles. The predicted octanol–water partition coefficient (Wildman–Crippen LogP) is 1.70. The quantitative estimate of drug-likeness (QED) is 0.839. The van der Waals surface area contributed by atoms with Gasteiger partial charge in [0.15, 0.2) is 0 Å². The summed E-state index contributed by atoms with van der Waals surface area (Å²) in [5.41, 5.74) is 6.37. The molecule has 4 heteroatoms. The summed E-state index contributed by atoms with van der Waals surface area (Å²) in [4.78, 5) is 11.1. The van der Waals surface area contributed by atoms with Crippen molar-refractivity contribution in [2.75, 3.05) is 11.4 Å². The molecule has 1 fully saturated rings. The summed E-state index contributed by atoms with van der Waals surface area (Å²) in [5, 5.41) is 0. The molecule has 1 saturated carbocycles. The number of nitrogens with zero attached hydrogens (tertiary/aromatic N) is 3. The third-order valence-corrected chi connectivity index (χ3v) is 3.30. The van der Waals surface area contributed by atoms with Crippen molar-refractivity contribution in [2.45, 2.75) is 45.2 Å². The molecule has 0 saturated heterocycles. The lowest BCUT2D eigenvalue weighted by atomic mass is 10.2. The normalized spacial score (nSPS) is 16.6. The average Bonchev–Trinajstić information content (AvgIpc) is 2.85. The Morgan fingerprint density at radius 1 is 1.31 bits per heavy atom. The van der Waals surface area contributed by atoms with Gasteiger partial charge >= 0.3 is 0 Å². The number of nitrogens with two attached hydrogens (primary N) is 1. The number of rotatable bonds is 4. The second kappa shape index (κ2) is 5.25. The fourth-order valence-corrected chi connectivity index (χ4v) is 2.42. The third-order valence-electron chi connectivity index (χ3n) is 3.30. The highest BCUT2D eigenvalue weighted by atomic mass is 15.2. The molecular formula is C12H20N4. The summed E-state index contributed by atoms with van der Waals surface area (Å²) in [7, 11) is 0. The minimum Gasteiger partial charge on any atom is -0.353 e. The highest BCUT2D eigenvalue weighted by molar-refractivity contribution is 5.37. The molecule has 1 aromatic heterocycles. The fraction of sp³-hybridized carbons (Fsp3) is 0.667. The molecule has 0 aromatic carbocycles. The van der Waals surface area contributed by atoms with Crippen LogP contribution in [0.1, 0.15) is 38.3 Å². The van der Waals surface area contributed by atoms with Crippen molar-refractivity contribution in [3.8, 4) is 0 Å². The standard InChI is InChI=1S/C12H20N4/c1-2-16(11-5-3-4-6-11)12-9-14-10(7-13)8-15-12/h8-9,11H,2-7,13H2,1H3. The summed E-state index contributed by atoms with van der Waals surface area (Å²) in [6.45, 7) is 3.64. The molecule has 4 nitrogen and oxygen atoms in total. The zero-order valence-corrected chi connectivity index (χ0v) is 9.89. The zero-order chi connectivity index (χ0) is 11.4. The van der Waals surface area contributed by atoms with E-state index in [1.165, 1.54) is 25.7 Å². The summed E-state index contributed by atoms with van der Waals surface area (Å²) in [5.74, 6) is 0.992. The molecule has 88 valence electrons. The molecule has 16 heavy (non-hydrogen) atoms. The van der Waals surface area contributed by atoms with Crippen LogP contribution in [0.3, 0.4) is 0 Å². The van der Waals surface area contributed by atoms with Crippen LogP contribution in [0.15, 0.2) is 12.4 Å². The van der Waals surface area contributed by atoms with Gasteiger partial charge in [0.05, 0.1) is 18.1 Å². The molecule has 0 amide bonds. The van der Waals surface area contributed by atoms with Gasteiger partial charge in [-0.3, -0.25) is 4.98 Å². The Morgan fingerprint density at radius 3 is 2.56 bits per heavy atom. The topological polar surface area (TPSA) is 55.0 Å². The van der Waals surface area contributed by atoms with Gasteiger partial charge < -0.3 is 10.6 Å². The smallest absolute Gasteiger partial charge is 0.147 e. The fourth-order valence-electron chi connectivity index (χ4n) is 2.42. The Kier molecular flexibility index (Phi) is 3.72. The van der Waals surface area contributed by atoms with E-state index in [2.05, 4.69) is 21.8 Å². The van der Waals surface area contributed by atoms with Gasteiger partial charge in [-0.1, -0.05) is 12.8 Å². The van der Waals surface area contributed by atoms with E-state index in [9.17, 15) is 0 Å².